The Kier molecular flexibility index (Phi) is 2.12. The molecule has 1 unspecified atom stereocenters. The second-order valence-corrected chi connectivity index (χ2v) is 4.80. The van der Waals surface area contributed by atoms with Gasteiger partial charge in [-0.15, -0.1) is 0 Å². The van der Waals surface area contributed by atoms with Crippen molar-refractivity contribution in [1.29, 1.82) is 0 Å². The minimum Gasteiger partial charge on any atom is -0.479 e. The monoisotopic (exact) mass is 210 g/mol. The molecule has 84 valence electrons. The Morgan fingerprint density at radius 3 is 2.93 bits per heavy atom. The van der Waals surface area contributed by atoms with Gasteiger partial charge in [-0.1, -0.05) is 5.16 Å². The molecule has 4 nitrogen and oxygen atoms in total. The van der Waals surface area contributed by atoms with Gasteiger partial charge in [0, 0.05) is 12.5 Å². The largest absolute Gasteiger partial charge is 0.479 e. The number of hydrogen-bond acceptors (Lipinski definition) is 4. The number of fused-ring (bicyclic) bond motifs is 2. The Balaban J connectivity index is 1.72. The van der Waals surface area contributed by atoms with Gasteiger partial charge in [0.15, 0.2) is 5.60 Å². The molecule has 0 amide bonds. The molecule has 4 heteroatoms. The Labute approximate surface area is 90.2 Å². The first-order chi connectivity index (χ1) is 7.32. The van der Waals surface area contributed by atoms with Crippen LogP contribution in [0.25, 0.3) is 0 Å². The van der Waals surface area contributed by atoms with E-state index in [1.807, 2.05) is 6.92 Å². The third kappa shape index (κ3) is 1.42. The summed E-state index contributed by atoms with van der Waals surface area (Å²) in [7, 11) is 0. The summed E-state index contributed by atoms with van der Waals surface area (Å²) in [5, 5.41) is 4.09. The fourth-order valence-corrected chi connectivity index (χ4v) is 3.13. The highest BCUT2D eigenvalue weighted by molar-refractivity contribution is 5.78. The van der Waals surface area contributed by atoms with Crippen molar-refractivity contribution in [1.82, 2.24) is 4.90 Å². The Morgan fingerprint density at radius 2 is 2.33 bits per heavy atom. The summed E-state index contributed by atoms with van der Waals surface area (Å²) in [6.45, 7) is 6.19. The molecule has 1 atom stereocenters. The van der Waals surface area contributed by atoms with Crippen LogP contribution in [-0.2, 0) is 9.57 Å². The highest BCUT2D eigenvalue weighted by Gasteiger charge is 2.52. The summed E-state index contributed by atoms with van der Waals surface area (Å²) in [6.07, 6.45) is 3.39. The maximum absolute atomic E-state index is 5.70. The maximum atomic E-state index is 5.70. The number of hydrogen-bond donors (Lipinski definition) is 0. The molecule has 15 heavy (non-hydrogen) atoms. The normalized spacial score (nSPS) is 42.9. The third-order valence-corrected chi connectivity index (χ3v) is 3.91. The maximum Gasteiger partial charge on any atom is 0.229 e. The molecule has 4 heterocycles. The van der Waals surface area contributed by atoms with Crippen LogP contribution in [0.1, 0.15) is 26.2 Å². The lowest BCUT2D eigenvalue weighted by atomic mass is 9.74. The average molecular weight is 210 g/mol. The van der Waals surface area contributed by atoms with E-state index in [2.05, 4.69) is 10.1 Å². The van der Waals surface area contributed by atoms with Gasteiger partial charge in [0.25, 0.3) is 0 Å². The molecule has 4 aliphatic rings. The molecular weight excluding hydrogens is 192 g/mol. The Bertz CT molecular complexity index is 284. The highest BCUT2D eigenvalue weighted by atomic mass is 16.7. The van der Waals surface area contributed by atoms with E-state index in [-0.39, 0.29) is 5.60 Å². The molecule has 3 fully saturated rings. The van der Waals surface area contributed by atoms with Crippen molar-refractivity contribution in [3.8, 4) is 0 Å². The minimum atomic E-state index is -0.0407. The summed E-state index contributed by atoms with van der Waals surface area (Å²) >= 11 is 0. The van der Waals surface area contributed by atoms with Crippen LogP contribution in [0.15, 0.2) is 5.16 Å². The lowest BCUT2D eigenvalue weighted by Crippen LogP contribution is -2.59. The lowest BCUT2D eigenvalue weighted by Gasteiger charge is -2.49. The first-order valence-corrected chi connectivity index (χ1v) is 5.92. The molecule has 0 radical (unpaired) electrons. The van der Waals surface area contributed by atoms with Gasteiger partial charge in [0.05, 0.1) is 13.0 Å². The summed E-state index contributed by atoms with van der Waals surface area (Å²) in [6, 6.07) is 0. The van der Waals surface area contributed by atoms with E-state index in [0.717, 1.165) is 18.9 Å². The van der Waals surface area contributed by atoms with Crippen molar-refractivity contribution >= 4 is 5.90 Å². The van der Waals surface area contributed by atoms with Crippen molar-refractivity contribution in [2.45, 2.75) is 31.8 Å². The lowest BCUT2D eigenvalue weighted by molar-refractivity contribution is -0.136. The highest BCUT2D eigenvalue weighted by Crippen LogP contribution is 2.43. The van der Waals surface area contributed by atoms with Gasteiger partial charge in [-0.05, 0) is 32.9 Å². The predicted octanol–water partition coefficient (Wildman–Crippen LogP) is 1.22. The number of piperidine rings is 3. The molecule has 0 aliphatic carbocycles. The van der Waals surface area contributed by atoms with E-state index in [0.29, 0.717) is 12.5 Å². The van der Waals surface area contributed by atoms with Crippen molar-refractivity contribution in [3.05, 3.63) is 0 Å². The summed E-state index contributed by atoms with van der Waals surface area (Å²) < 4.78 is 5.44. The number of oxime groups is 1. The van der Waals surface area contributed by atoms with Crippen molar-refractivity contribution in [2.24, 2.45) is 11.1 Å². The van der Waals surface area contributed by atoms with Crippen LogP contribution in [0.2, 0.25) is 0 Å². The number of rotatable bonds is 1. The molecule has 0 aromatic rings. The average Bonchev–Trinajstić information content (AvgIpc) is 2.64. The van der Waals surface area contributed by atoms with Crippen LogP contribution in [0.4, 0.5) is 0 Å². The Hall–Kier alpha value is -0.770. The zero-order chi connectivity index (χ0) is 10.3. The molecular formula is C11H18N2O2. The zero-order valence-electron chi connectivity index (χ0n) is 9.24. The SMILES string of the molecule is CCOC1=NOC2(C1)CN1CCC2CC1. The topological polar surface area (TPSA) is 34.1 Å². The first kappa shape index (κ1) is 9.46. The molecule has 0 N–H and O–H groups in total. The molecule has 4 rings (SSSR count). The van der Waals surface area contributed by atoms with Crippen LogP contribution in [-0.4, -0.2) is 42.6 Å². The van der Waals surface area contributed by atoms with Gasteiger partial charge >= 0.3 is 0 Å². The van der Waals surface area contributed by atoms with Crippen molar-refractivity contribution in [3.63, 3.8) is 0 Å². The zero-order valence-corrected chi connectivity index (χ0v) is 9.24. The van der Waals surface area contributed by atoms with Crippen LogP contribution in [0, 0.1) is 5.92 Å². The number of ether oxygens (including phenoxy) is 1. The van der Waals surface area contributed by atoms with Gasteiger partial charge in [-0.2, -0.15) is 0 Å². The van der Waals surface area contributed by atoms with Crippen LogP contribution < -0.4 is 0 Å². The molecule has 0 aromatic heterocycles. The van der Waals surface area contributed by atoms with Crippen molar-refractivity contribution < 1.29 is 9.57 Å². The predicted molar refractivity (Wildman–Crippen MR) is 56.7 cm³/mol. The first-order valence-electron chi connectivity index (χ1n) is 5.92. The Morgan fingerprint density at radius 1 is 1.53 bits per heavy atom. The van der Waals surface area contributed by atoms with E-state index in [1.54, 1.807) is 0 Å². The van der Waals surface area contributed by atoms with Crippen LogP contribution in [0.5, 0.6) is 0 Å². The smallest absolute Gasteiger partial charge is 0.229 e. The van der Waals surface area contributed by atoms with E-state index in [4.69, 9.17) is 9.57 Å². The van der Waals surface area contributed by atoms with Gasteiger partial charge in [0.2, 0.25) is 5.90 Å². The summed E-state index contributed by atoms with van der Waals surface area (Å²) in [4.78, 5) is 8.19. The van der Waals surface area contributed by atoms with E-state index in [1.165, 1.54) is 25.9 Å². The second kappa shape index (κ2) is 3.37. The van der Waals surface area contributed by atoms with Gasteiger partial charge in [-0.3, -0.25) is 4.90 Å². The van der Waals surface area contributed by atoms with E-state index >= 15 is 0 Å². The van der Waals surface area contributed by atoms with Gasteiger partial charge in [0.1, 0.15) is 0 Å². The van der Waals surface area contributed by atoms with Crippen molar-refractivity contribution in [2.75, 3.05) is 26.2 Å². The van der Waals surface area contributed by atoms with Crippen LogP contribution in [0.3, 0.4) is 0 Å². The van der Waals surface area contributed by atoms with E-state index in [9.17, 15) is 0 Å². The minimum absolute atomic E-state index is 0.0407. The summed E-state index contributed by atoms with van der Waals surface area (Å²) in [5.41, 5.74) is -0.0407. The summed E-state index contributed by atoms with van der Waals surface area (Å²) in [5.74, 6) is 1.48. The molecule has 4 aliphatic heterocycles. The third-order valence-electron chi connectivity index (χ3n) is 3.91. The fourth-order valence-electron chi connectivity index (χ4n) is 3.13. The quantitative estimate of drug-likeness (QED) is 0.652. The van der Waals surface area contributed by atoms with Gasteiger partial charge in [-0.25, -0.2) is 0 Å². The van der Waals surface area contributed by atoms with Crippen LogP contribution >= 0.6 is 0 Å². The molecule has 2 bridgehead atoms. The van der Waals surface area contributed by atoms with Gasteiger partial charge < -0.3 is 9.57 Å². The molecule has 1 spiro atoms. The number of nitrogens with zero attached hydrogens (tertiary/aromatic N) is 2. The molecule has 0 aromatic carbocycles. The standard InChI is InChI=1S/C11H18N2O2/c1-2-14-10-7-11(15-12-10)8-13-5-3-9(11)4-6-13/h9H,2-8H2,1H3. The second-order valence-electron chi connectivity index (χ2n) is 4.80. The molecule has 3 saturated heterocycles. The van der Waals surface area contributed by atoms with E-state index < -0.39 is 0 Å². The molecule has 0 saturated carbocycles. The fraction of sp³-hybridized carbons (Fsp3) is 0.909.